The fourth-order valence-corrected chi connectivity index (χ4v) is 4.51. The van der Waals surface area contributed by atoms with E-state index in [2.05, 4.69) is 6.92 Å². The van der Waals surface area contributed by atoms with E-state index in [1.165, 1.54) is 30.7 Å². The molecule has 0 N–H and O–H groups in total. The van der Waals surface area contributed by atoms with Crippen molar-refractivity contribution in [1.82, 2.24) is 0 Å². The first kappa shape index (κ1) is 23.5. The number of rotatable bonds is 10. The molecule has 0 saturated heterocycles. The lowest BCUT2D eigenvalue weighted by Gasteiger charge is -2.37. The van der Waals surface area contributed by atoms with E-state index in [-0.39, 0.29) is 28.0 Å². The van der Waals surface area contributed by atoms with Crippen LogP contribution >= 0.6 is 0 Å². The fraction of sp³-hybridized carbons (Fsp3) is 0.538. The van der Waals surface area contributed by atoms with Crippen LogP contribution in [0.2, 0.25) is 0 Å². The van der Waals surface area contributed by atoms with E-state index in [9.17, 15) is 13.2 Å². The Kier molecular flexibility index (Phi) is 8.28. The molecule has 1 fully saturated rings. The summed E-state index contributed by atoms with van der Waals surface area (Å²) in [6.45, 7) is 4.98. The van der Waals surface area contributed by atoms with Gasteiger partial charge in [0.1, 0.15) is 0 Å². The molecule has 3 rings (SSSR count). The van der Waals surface area contributed by atoms with Gasteiger partial charge >= 0.3 is 0 Å². The van der Waals surface area contributed by atoms with Crippen LogP contribution in [0, 0.1) is 22.9 Å². The average molecular weight is 435 g/mol. The minimum absolute atomic E-state index is 0.00444. The van der Waals surface area contributed by atoms with Crippen LogP contribution in [0.4, 0.5) is 13.2 Å². The summed E-state index contributed by atoms with van der Waals surface area (Å²) in [4.78, 5) is 0. The van der Waals surface area contributed by atoms with Crippen molar-refractivity contribution in [2.75, 3.05) is 13.2 Å². The van der Waals surface area contributed by atoms with E-state index in [0.29, 0.717) is 13.2 Å². The van der Waals surface area contributed by atoms with Gasteiger partial charge in [-0.15, -0.1) is 0 Å². The summed E-state index contributed by atoms with van der Waals surface area (Å²) in [5.74, 6) is -2.60. The quantitative estimate of drug-likeness (QED) is 0.352. The second-order valence-electron chi connectivity index (χ2n) is 8.69. The highest BCUT2D eigenvalue weighted by molar-refractivity contribution is 5.66. The van der Waals surface area contributed by atoms with E-state index in [0.717, 1.165) is 51.4 Å². The molecule has 1 aliphatic carbocycles. The zero-order chi connectivity index (χ0) is 22.3. The summed E-state index contributed by atoms with van der Waals surface area (Å²) < 4.78 is 55.1. The summed E-state index contributed by atoms with van der Waals surface area (Å²) in [5, 5.41) is 0. The molecule has 0 spiro atoms. The second-order valence-corrected chi connectivity index (χ2v) is 8.69. The molecule has 0 aromatic heterocycles. The summed E-state index contributed by atoms with van der Waals surface area (Å²) in [6.07, 6.45) is 9.50. The zero-order valence-electron chi connectivity index (χ0n) is 18.6. The standard InChI is InChI=1S/C26H33F3O2/c1-3-5-16-30-22-11-9-19(17-21(22)27)20-10-12-23(25(29)24(20)28)31-18-26(13-4-2)14-7-6-8-15-26/h9-12,17H,3-8,13-16,18H2,1-2H3. The molecule has 0 radical (unpaired) electrons. The first-order chi connectivity index (χ1) is 15.0. The van der Waals surface area contributed by atoms with Gasteiger partial charge in [0.05, 0.1) is 13.2 Å². The topological polar surface area (TPSA) is 18.5 Å². The van der Waals surface area contributed by atoms with E-state index in [1.807, 2.05) is 6.92 Å². The summed E-state index contributed by atoms with van der Waals surface area (Å²) in [5.41, 5.74) is 0.313. The molecule has 0 heterocycles. The number of halogens is 3. The van der Waals surface area contributed by atoms with Crippen molar-refractivity contribution < 1.29 is 22.6 Å². The zero-order valence-corrected chi connectivity index (χ0v) is 18.6. The van der Waals surface area contributed by atoms with Crippen molar-refractivity contribution >= 4 is 0 Å². The monoisotopic (exact) mass is 434 g/mol. The van der Waals surface area contributed by atoms with Crippen molar-refractivity contribution in [3.8, 4) is 22.6 Å². The predicted octanol–water partition coefficient (Wildman–Crippen LogP) is 8.08. The van der Waals surface area contributed by atoms with Gasteiger partial charge in [-0.1, -0.05) is 52.0 Å². The lowest BCUT2D eigenvalue weighted by Crippen LogP contribution is -2.31. The molecule has 5 heteroatoms. The van der Waals surface area contributed by atoms with Crippen LogP contribution in [0.15, 0.2) is 30.3 Å². The van der Waals surface area contributed by atoms with Gasteiger partial charge in [0.15, 0.2) is 23.1 Å². The molecule has 170 valence electrons. The second kappa shape index (κ2) is 10.9. The molecule has 31 heavy (non-hydrogen) atoms. The summed E-state index contributed by atoms with van der Waals surface area (Å²) in [7, 11) is 0. The minimum Gasteiger partial charge on any atom is -0.491 e. The number of hydrogen-bond donors (Lipinski definition) is 0. The van der Waals surface area contributed by atoms with E-state index >= 15 is 0 Å². The van der Waals surface area contributed by atoms with E-state index < -0.39 is 17.5 Å². The predicted molar refractivity (Wildman–Crippen MR) is 118 cm³/mol. The minimum atomic E-state index is -1.02. The first-order valence-corrected chi connectivity index (χ1v) is 11.5. The van der Waals surface area contributed by atoms with Crippen LogP contribution in [-0.4, -0.2) is 13.2 Å². The first-order valence-electron chi connectivity index (χ1n) is 11.5. The Hall–Kier alpha value is -2.17. The van der Waals surface area contributed by atoms with Crippen molar-refractivity contribution in [3.63, 3.8) is 0 Å². The maximum atomic E-state index is 14.8. The number of unbranched alkanes of at least 4 members (excludes halogenated alkanes) is 1. The van der Waals surface area contributed by atoms with E-state index in [4.69, 9.17) is 9.47 Å². The Morgan fingerprint density at radius 1 is 0.839 bits per heavy atom. The molecule has 1 saturated carbocycles. The van der Waals surface area contributed by atoms with Crippen LogP contribution in [0.5, 0.6) is 11.5 Å². The number of benzene rings is 2. The Morgan fingerprint density at radius 2 is 1.58 bits per heavy atom. The molecule has 2 nitrogen and oxygen atoms in total. The van der Waals surface area contributed by atoms with Gasteiger partial charge < -0.3 is 9.47 Å². The summed E-state index contributed by atoms with van der Waals surface area (Å²) in [6, 6.07) is 7.08. The average Bonchev–Trinajstić information content (AvgIpc) is 2.77. The molecular weight excluding hydrogens is 401 g/mol. The van der Waals surface area contributed by atoms with Gasteiger partial charge in [-0.05, 0) is 55.5 Å². The molecule has 0 unspecified atom stereocenters. The SMILES string of the molecule is CCCCOc1ccc(-c2ccc(OCC3(CCC)CCCCC3)c(F)c2F)cc1F. The molecule has 2 aromatic carbocycles. The Balaban J connectivity index is 1.75. The number of ether oxygens (including phenoxy) is 2. The van der Waals surface area contributed by atoms with Gasteiger partial charge in [-0.3, -0.25) is 0 Å². The summed E-state index contributed by atoms with van der Waals surface area (Å²) >= 11 is 0. The highest BCUT2D eigenvalue weighted by atomic mass is 19.2. The van der Waals surface area contributed by atoms with Crippen LogP contribution in [0.3, 0.4) is 0 Å². The van der Waals surface area contributed by atoms with Crippen LogP contribution in [-0.2, 0) is 0 Å². The third-order valence-electron chi connectivity index (χ3n) is 6.27. The molecule has 0 atom stereocenters. The van der Waals surface area contributed by atoms with Crippen LogP contribution in [0.1, 0.15) is 71.6 Å². The van der Waals surface area contributed by atoms with Gasteiger partial charge in [-0.2, -0.15) is 4.39 Å². The van der Waals surface area contributed by atoms with Gasteiger partial charge in [0.25, 0.3) is 0 Å². The van der Waals surface area contributed by atoms with Crippen LogP contribution in [0.25, 0.3) is 11.1 Å². The molecule has 0 aliphatic heterocycles. The van der Waals surface area contributed by atoms with Crippen molar-refractivity contribution in [2.45, 2.75) is 71.6 Å². The van der Waals surface area contributed by atoms with Crippen molar-refractivity contribution in [2.24, 2.45) is 5.41 Å². The maximum absolute atomic E-state index is 14.8. The molecule has 0 bridgehead atoms. The molecule has 1 aliphatic rings. The lowest BCUT2D eigenvalue weighted by molar-refractivity contribution is 0.0836. The Labute approximate surface area is 183 Å². The van der Waals surface area contributed by atoms with Crippen molar-refractivity contribution in [1.29, 1.82) is 0 Å². The van der Waals surface area contributed by atoms with Gasteiger partial charge in [0, 0.05) is 11.0 Å². The highest BCUT2D eigenvalue weighted by Gasteiger charge is 2.32. The largest absolute Gasteiger partial charge is 0.491 e. The van der Waals surface area contributed by atoms with Crippen LogP contribution < -0.4 is 9.47 Å². The lowest BCUT2D eigenvalue weighted by atomic mass is 9.72. The third-order valence-corrected chi connectivity index (χ3v) is 6.27. The Bertz CT molecular complexity index is 854. The van der Waals surface area contributed by atoms with Gasteiger partial charge in [-0.25, -0.2) is 8.78 Å². The normalized spacial score (nSPS) is 15.6. The number of hydrogen-bond acceptors (Lipinski definition) is 2. The smallest absolute Gasteiger partial charge is 0.201 e. The molecule has 2 aromatic rings. The fourth-order valence-electron chi connectivity index (χ4n) is 4.51. The van der Waals surface area contributed by atoms with E-state index in [1.54, 1.807) is 6.07 Å². The van der Waals surface area contributed by atoms with Crippen molar-refractivity contribution in [3.05, 3.63) is 47.8 Å². The Morgan fingerprint density at radius 3 is 2.26 bits per heavy atom. The maximum Gasteiger partial charge on any atom is 0.201 e. The highest BCUT2D eigenvalue weighted by Crippen LogP contribution is 2.41. The third kappa shape index (κ3) is 5.75. The molecule has 0 amide bonds. The molecular formula is C26H33F3O2. The van der Waals surface area contributed by atoms with Gasteiger partial charge in [0.2, 0.25) is 5.82 Å².